The van der Waals surface area contributed by atoms with Gasteiger partial charge in [0.15, 0.2) is 0 Å². The van der Waals surface area contributed by atoms with Gasteiger partial charge in [0.1, 0.15) is 0 Å². The summed E-state index contributed by atoms with van der Waals surface area (Å²) in [4.78, 5) is 11.6. The van der Waals surface area contributed by atoms with Crippen molar-refractivity contribution >= 4 is 5.91 Å². The summed E-state index contributed by atoms with van der Waals surface area (Å²) < 4.78 is 0. The number of carbonyl (C=O) groups excluding carboxylic acids is 1. The molecule has 2 aliphatic rings. The third-order valence-electron chi connectivity index (χ3n) is 3.62. The molecule has 3 nitrogen and oxygen atoms in total. The van der Waals surface area contributed by atoms with Crippen LogP contribution in [0.25, 0.3) is 0 Å². The summed E-state index contributed by atoms with van der Waals surface area (Å²) in [6.45, 7) is 3.14. The van der Waals surface area contributed by atoms with Crippen LogP contribution in [0.1, 0.15) is 39.0 Å². The first-order valence-electron chi connectivity index (χ1n) is 5.81. The number of hydrogen-bond donors (Lipinski definition) is 2. The lowest BCUT2D eigenvalue weighted by atomic mass is 9.98. The van der Waals surface area contributed by atoms with Crippen LogP contribution in [0.5, 0.6) is 0 Å². The van der Waals surface area contributed by atoms with Crippen molar-refractivity contribution in [1.82, 2.24) is 10.6 Å². The molecule has 3 heteroatoms. The lowest BCUT2D eigenvalue weighted by molar-refractivity contribution is -0.125. The van der Waals surface area contributed by atoms with Gasteiger partial charge in [-0.2, -0.15) is 0 Å². The molecule has 2 fully saturated rings. The highest BCUT2D eigenvalue weighted by atomic mass is 16.2. The minimum Gasteiger partial charge on any atom is -0.352 e. The molecule has 1 unspecified atom stereocenters. The van der Waals surface area contributed by atoms with E-state index in [9.17, 15) is 4.79 Å². The second kappa shape index (κ2) is 4.30. The van der Waals surface area contributed by atoms with Gasteiger partial charge in [0.25, 0.3) is 0 Å². The number of rotatable bonds is 3. The number of hydrogen-bond acceptors (Lipinski definition) is 2. The van der Waals surface area contributed by atoms with Gasteiger partial charge in [0, 0.05) is 6.04 Å². The van der Waals surface area contributed by atoms with Crippen LogP contribution < -0.4 is 10.6 Å². The zero-order chi connectivity index (χ0) is 9.97. The molecule has 1 amide bonds. The molecule has 0 spiro atoms. The predicted molar refractivity (Wildman–Crippen MR) is 56.0 cm³/mol. The topological polar surface area (TPSA) is 41.1 Å². The van der Waals surface area contributed by atoms with Crippen molar-refractivity contribution in [3.05, 3.63) is 0 Å². The van der Waals surface area contributed by atoms with Crippen molar-refractivity contribution in [2.75, 3.05) is 6.54 Å². The van der Waals surface area contributed by atoms with Crippen molar-refractivity contribution in [2.24, 2.45) is 5.92 Å². The van der Waals surface area contributed by atoms with Gasteiger partial charge in [0.2, 0.25) is 5.91 Å². The Bertz CT molecular complexity index is 207. The van der Waals surface area contributed by atoms with Crippen LogP contribution >= 0.6 is 0 Å². The maximum absolute atomic E-state index is 11.6. The number of amides is 1. The molecule has 1 saturated heterocycles. The second-order valence-electron chi connectivity index (χ2n) is 4.64. The van der Waals surface area contributed by atoms with Crippen molar-refractivity contribution in [3.63, 3.8) is 0 Å². The standard InChI is InChI=1S/C11H20N2O/c1-8(9-4-2-3-5-9)13-11(14)10-6-7-12-10/h8-10,12H,2-7H2,1H3,(H,13,14)/t8?,10-/m1/s1. The van der Waals surface area contributed by atoms with Crippen LogP contribution in [0, 0.1) is 5.92 Å². The Morgan fingerprint density at radius 1 is 1.36 bits per heavy atom. The van der Waals surface area contributed by atoms with E-state index in [-0.39, 0.29) is 11.9 Å². The van der Waals surface area contributed by atoms with E-state index >= 15 is 0 Å². The zero-order valence-corrected chi connectivity index (χ0v) is 8.88. The third-order valence-corrected chi connectivity index (χ3v) is 3.62. The highest BCUT2D eigenvalue weighted by Gasteiger charge is 2.28. The van der Waals surface area contributed by atoms with Gasteiger partial charge in [-0.1, -0.05) is 12.8 Å². The first-order chi connectivity index (χ1) is 6.77. The molecule has 0 aromatic carbocycles. The molecule has 2 N–H and O–H groups in total. The van der Waals surface area contributed by atoms with Gasteiger partial charge < -0.3 is 10.6 Å². The first-order valence-corrected chi connectivity index (χ1v) is 5.81. The summed E-state index contributed by atoms with van der Waals surface area (Å²) in [6, 6.07) is 0.464. The van der Waals surface area contributed by atoms with Crippen molar-refractivity contribution < 1.29 is 4.79 Å². The summed E-state index contributed by atoms with van der Waals surface area (Å²) >= 11 is 0. The molecule has 1 aliphatic carbocycles. The Hall–Kier alpha value is -0.570. The van der Waals surface area contributed by atoms with Gasteiger partial charge in [-0.25, -0.2) is 0 Å². The fraction of sp³-hybridized carbons (Fsp3) is 0.909. The van der Waals surface area contributed by atoms with Gasteiger partial charge >= 0.3 is 0 Å². The van der Waals surface area contributed by atoms with Crippen LogP contribution in [-0.2, 0) is 4.79 Å². The second-order valence-corrected chi connectivity index (χ2v) is 4.64. The molecule has 1 saturated carbocycles. The molecule has 0 bridgehead atoms. The van der Waals surface area contributed by atoms with E-state index in [2.05, 4.69) is 17.6 Å². The van der Waals surface area contributed by atoms with Crippen LogP contribution in [-0.4, -0.2) is 24.5 Å². The summed E-state index contributed by atoms with van der Waals surface area (Å²) in [5.41, 5.74) is 0. The summed E-state index contributed by atoms with van der Waals surface area (Å²) in [6.07, 6.45) is 6.27. The number of carbonyl (C=O) groups is 1. The molecular formula is C11H20N2O. The minimum atomic E-state index is 0.0962. The smallest absolute Gasteiger partial charge is 0.237 e. The monoisotopic (exact) mass is 196 g/mol. The molecule has 0 aromatic heterocycles. The first kappa shape index (κ1) is 9.97. The van der Waals surface area contributed by atoms with Gasteiger partial charge in [-0.15, -0.1) is 0 Å². The summed E-state index contributed by atoms with van der Waals surface area (Å²) in [5.74, 6) is 0.926. The predicted octanol–water partition coefficient (Wildman–Crippen LogP) is 1.04. The molecule has 2 atom stereocenters. The molecule has 0 aromatic rings. The van der Waals surface area contributed by atoms with Gasteiger partial charge in [0.05, 0.1) is 6.04 Å². The summed E-state index contributed by atoms with van der Waals surface area (Å²) in [7, 11) is 0. The van der Waals surface area contributed by atoms with E-state index < -0.39 is 0 Å². The largest absolute Gasteiger partial charge is 0.352 e. The average molecular weight is 196 g/mol. The zero-order valence-electron chi connectivity index (χ0n) is 8.88. The van der Waals surface area contributed by atoms with E-state index in [4.69, 9.17) is 0 Å². The molecule has 80 valence electrons. The fourth-order valence-electron chi connectivity index (χ4n) is 2.41. The SMILES string of the molecule is CC(NC(=O)[C@H]1CCN1)C1CCCC1. The Labute approximate surface area is 85.6 Å². The van der Waals surface area contributed by atoms with Crippen LogP contribution in [0.15, 0.2) is 0 Å². The Morgan fingerprint density at radius 2 is 2.00 bits per heavy atom. The fourth-order valence-corrected chi connectivity index (χ4v) is 2.41. The molecule has 14 heavy (non-hydrogen) atoms. The molecule has 1 aliphatic heterocycles. The van der Waals surface area contributed by atoms with E-state index in [0.717, 1.165) is 18.9 Å². The Balaban J connectivity index is 1.74. The van der Waals surface area contributed by atoms with Crippen LogP contribution in [0.2, 0.25) is 0 Å². The average Bonchev–Trinajstić information content (AvgIpc) is 2.51. The lowest BCUT2D eigenvalue weighted by Crippen LogP contribution is -2.55. The Morgan fingerprint density at radius 3 is 2.50 bits per heavy atom. The maximum atomic E-state index is 11.6. The normalized spacial score (nSPS) is 29.6. The minimum absolute atomic E-state index is 0.0962. The van der Waals surface area contributed by atoms with Gasteiger partial charge in [-0.05, 0) is 38.6 Å². The quantitative estimate of drug-likeness (QED) is 0.708. The van der Waals surface area contributed by atoms with E-state index in [1.165, 1.54) is 25.7 Å². The third kappa shape index (κ3) is 2.08. The van der Waals surface area contributed by atoms with Crippen molar-refractivity contribution in [2.45, 2.75) is 51.1 Å². The molecule has 1 heterocycles. The van der Waals surface area contributed by atoms with Crippen LogP contribution in [0.4, 0.5) is 0 Å². The molecule has 2 rings (SSSR count). The van der Waals surface area contributed by atoms with E-state index in [0.29, 0.717) is 6.04 Å². The van der Waals surface area contributed by atoms with Crippen molar-refractivity contribution in [3.8, 4) is 0 Å². The van der Waals surface area contributed by atoms with Crippen LogP contribution in [0.3, 0.4) is 0 Å². The Kier molecular flexibility index (Phi) is 3.06. The highest BCUT2D eigenvalue weighted by Crippen LogP contribution is 2.27. The molecular weight excluding hydrogens is 176 g/mol. The maximum Gasteiger partial charge on any atom is 0.237 e. The molecule has 0 radical (unpaired) electrons. The van der Waals surface area contributed by atoms with E-state index in [1.807, 2.05) is 0 Å². The number of nitrogens with one attached hydrogen (secondary N) is 2. The lowest BCUT2D eigenvalue weighted by Gasteiger charge is -2.29. The summed E-state index contributed by atoms with van der Waals surface area (Å²) in [5, 5.41) is 6.25. The van der Waals surface area contributed by atoms with Gasteiger partial charge in [-0.3, -0.25) is 4.79 Å². The van der Waals surface area contributed by atoms with Crippen molar-refractivity contribution in [1.29, 1.82) is 0 Å². The highest BCUT2D eigenvalue weighted by molar-refractivity contribution is 5.82. The van der Waals surface area contributed by atoms with E-state index in [1.54, 1.807) is 0 Å².